The summed E-state index contributed by atoms with van der Waals surface area (Å²) in [5, 5.41) is 2.81. The number of aryl methyl sites for hydroxylation is 1. The molecule has 0 atom stereocenters. The Morgan fingerprint density at radius 1 is 1.22 bits per heavy atom. The summed E-state index contributed by atoms with van der Waals surface area (Å²) >= 11 is 8.26. The zero-order valence-corrected chi connectivity index (χ0v) is 23.2. The third kappa shape index (κ3) is 6.74. The Labute approximate surface area is 231 Å². The summed E-state index contributed by atoms with van der Waals surface area (Å²) in [5.74, 6) is -3.87. The van der Waals surface area contributed by atoms with Crippen LogP contribution in [0.15, 0.2) is 47.5 Å². The van der Waals surface area contributed by atoms with Crippen LogP contribution in [0, 0.1) is 28.0 Å². The molecule has 4 rings (SSSR count). The molecule has 2 aromatic carbocycles. The minimum absolute atomic E-state index is 0.188. The Bertz CT molecular complexity index is 1450. The number of nitrogens with one attached hydrogen (secondary N) is 3. The molecule has 0 unspecified atom stereocenters. The molecule has 1 saturated carbocycles. The number of carbonyl (C=O) groups is 1. The summed E-state index contributed by atoms with van der Waals surface area (Å²) in [4.78, 5) is 21.2. The highest BCUT2D eigenvalue weighted by atomic mass is 127. The van der Waals surface area contributed by atoms with Gasteiger partial charge in [0.1, 0.15) is 4.90 Å². The van der Waals surface area contributed by atoms with Crippen molar-refractivity contribution in [2.24, 2.45) is 5.92 Å². The van der Waals surface area contributed by atoms with Crippen LogP contribution in [0.3, 0.4) is 0 Å². The molecular formula is C24H22ClF2IN4O4S. The van der Waals surface area contributed by atoms with Crippen molar-refractivity contribution in [1.82, 2.24) is 15.2 Å². The fourth-order valence-corrected chi connectivity index (χ4v) is 5.35. The number of sulfonamides is 1. The minimum Gasteiger partial charge on any atom is -0.351 e. The first kappa shape index (κ1) is 27.6. The molecule has 0 aliphatic heterocycles. The fraction of sp³-hybridized carbons (Fsp3) is 0.250. The van der Waals surface area contributed by atoms with Crippen molar-refractivity contribution in [3.8, 4) is 0 Å². The van der Waals surface area contributed by atoms with Crippen LogP contribution in [0.2, 0.25) is 5.02 Å². The van der Waals surface area contributed by atoms with E-state index >= 15 is 8.78 Å². The third-order valence-electron chi connectivity index (χ3n) is 5.65. The SMILES string of the molecule is Cc1ncccc1CNS(=O)(=O)c1cc(C(=O)NOCC2CC2)c(Nc2ccc(I)cc2Cl)c(F)c1F. The third-order valence-corrected chi connectivity index (χ3v) is 8.03. The number of hydrogen-bond acceptors (Lipinski definition) is 6. The van der Waals surface area contributed by atoms with Crippen LogP contribution in [0.4, 0.5) is 20.2 Å². The van der Waals surface area contributed by atoms with Crippen molar-refractivity contribution in [2.75, 3.05) is 11.9 Å². The number of carbonyl (C=O) groups excluding carboxylic acids is 1. The number of amides is 1. The first-order valence-electron chi connectivity index (χ1n) is 11.1. The molecule has 1 aliphatic rings. The monoisotopic (exact) mass is 662 g/mol. The van der Waals surface area contributed by atoms with Crippen LogP contribution < -0.4 is 15.5 Å². The Balaban J connectivity index is 1.70. The minimum atomic E-state index is -4.58. The first-order valence-corrected chi connectivity index (χ1v) is 14.1. The molecule has 0 saturated heterocycles. The lowest BCUT2D eigenvalue weighted by Crippen LogP contribution is -2.29. The zero-order chi connectivity index (χ0) is 26.7. The fourth-order valence-electron chi connectivity index (χ4n) is 3.34. The van der Waals surface area contributed by atoms with Crippen LogP contribution in [-0.2, 0) is 21.4 Å². The number of rotatable bonds is 10. The lowest BCUT2D eigenvalue weighted by atomic mass is 10.1. The molecule has 196 valence electrons. The number of anilines is 2. The Kier molecular flexibility index (Phi) is 8.63. The number of hydroxylamine groups is 1. The molecular weight excluding hydrogens is 641 g/mol. The quantitative estimate of drug-likeness (QED) is 0.203. The summed E-state index contributed by atoms with van der Waals surface area (Å²) in [6.07, 6.45) is 3.47. The predicted octanol–water partition coefficient (Wildman–Crippen LogP) is 5.22. The summed E-state index contributed by atoms with van der Waals surface area (Å²) < 4.78 is 59.6. The van der Waals surface area contributed by atoms with Gasteiger partial charge in [0.25, 0.3) is 5.91 Å². The Morgan fingerprint density at radius 3 is 2.65 bits per heavy atom. The van der Waals surface area contributed by atoms with Gasteiger partial charge < -0.3 is 5.32 Å². The highest BCUT2D eigenvalue weighted by molar-refractivity contribution is 14.1. The molecule has 0 radical (unpaired) electrons. The van der Waals surface area contributed by atoms with Crippen molar-refractivity contribution in [3.05, 3.63) is 79.6 Å². The Morgan fingerprint density at radius 2 is 1.97 bits per heavy atom. The molecule has 1 heterocycles. The number of pyridine rings is 1. The van der Waals surface area contributed by atoms with Gasteiger partial charge >= 0.3 is 0 Å². The van der Waals surface area contributed by atoms with Crippen molar-refractivity contribution >= 4 is 61.5 Å². The maximum Gasteiger partial charge on any atom is 0.277 e. The average Bonchev–Trinajstić information content (AvgIpc) is 3.67. The summed E-state index contributed by atoms with van der Waals surface area (Å²) in [6, 6.07) is 8.81. The number of nitrogens with zero attached hydrogens (tertiary/aromatic N) is 1. The van der Waals surface area contributed by atoms with E-state index in [2.05, 4.69) is 20.5 Å². The van der Waals surface area contributed by atoms with Gasteiger partial charge in [-0.3, -0.25) is 14.6 Å². The van der Waals surface area contributed by atoms with E-state index in [1.165, 1.54) is 6.07 Å². The maximum atomic E-state index is 15.4. The molecule has 1 amide bonds. The van der Waals surface area contributed by atoms with Crippen molar-refractivity contribution in [3.63, 3.8) is 0 Å². The van der Waals surface area contributed by atoms with Crippen LogP contribution in [-0.4, -0.2) is 25.9 Å². The zero-order valence-electron chi connectivity index (χ0n) is 19.4. The van der Waals surface area contributed by atoms with Gasteiger partial charge in [-0.05, 0) is 84.2 Å². The molecule has 37 heavy (non-hydrogen) atoms. The van der Waals surface area contributed by atoms with Crippen LogP contribution >= 0.6 is 34.2 Å². The molecule has 0 bridgehead atoms. The molecule has 8 nitrogen and oxygen atoms in total. The number of benzene rings is 2. The van der Waals surface area contributed by atoms with Crippen molar-refractivity contribution in [2.45, 2.75) is 31.2 Å². The van der Waals surface area contributed by atoms with Crippen LogP contribution in [0.5, 0.6) is 0 Å². The summed E-state index contributed by atoms with van der Waals surface area (Å²) in [6.45, 7) is 1.72. The molecule has 3 aromatic rings. The van der Waals surface area contributed by atoms with E-state index in [0.29, 0.717) is 17.2 Å². The van der Waals surface area contributed by atoms with E-state index in [0.717, 1.165) is 22.5 Å². The van der Waals surface area contributed by atoms with Gasteiger partial charge in [0.2, 0.25) is 10.0 Å². The molecule has 1 fully saturated rings. The summed E-state index contributed by atoms with van der Waals surface area (Å²) in [5.41, 5.74) is 2.42. The van der Waals surface area contributed by atoms with E-state index in [9.17, 15) is 13.2 Å². The van der Waals surface area contributed by atoms with Gasteiger partial charge in [0.15, 0.2) is 11.6 Å². The Hall–Kier alpha value is -2.39. The smallest absolute Gasteiger partial charge is 0.277 e. The lowest BCUT2D eigenvalue weighted by molar-refractivity contribution is 0.0270. The van der Waals surface area contributed by atoms with Crippen molar-refractivity contribution < 1.29 is 26.8 Å². The van der Waals surface area contributed by atoms with Crippen LogP contribution in [0.25, 0.3) is 0 Å². The predicted molar refractivity (Wildman–Crippen MR) is 143 cm³/mol. The standard InChI is InChI=1S/C24H22ClF2IN4O4S/c1-13-15(3-2-8-29-13)11-30-37(34,35)20-10-17(24(33)32-36-12-14-4-5-14)23(22(27)21(20)26)31-19-7-6-16(28)9-18(19)25/h2-3,6-10,14,30-31H,4-5,11-12H2,1H3,(H,32,33). The van der Waals surface area contributed by atoms with E-state index in [1.54, 1.807) is 37.4 Å². The average molecular weight is 663 g/mol. The topological polar surface area (TPSA) is 109 Å². The highest BCUT2D eigenvalue weighted by Crippen LogP contribution is 2.34. The second-order valence-electron chi connectivity index (χ2n) is 8.43. The second kappa shape index (κ2) is 11.6. The van der Waals surface area contributed by atoms with E-state index in [1.807, 2.05) is 22.6 Å². The van der Waals surface area contributed by atoms with Gasteiger partial charge in [0, 0.05) is 22.0 Å². The van der Waals surface area contributed by atoms with Crippen LogP contribution in [0.1, 0.15) is 34.5 Å². The lowest BCUT2D eigenvalue weighted by Gasteiger charge is -2.17. The molecule has 13 heteroatoms. The normalized spacial score (nSPS) is 13.4. The molecule has 1 aromatic heterocycles. The molecule has 0 spiro atoms. The molecule has 1 aliphatic carbocycles. The van der Waals surface area contributed by atoms with Gasteiger partial charge in [0.05, 0.1) is 28.6 Å². The van der Waals surface area contributed by atoms with Gasteiger partial charge in [-0.25, -0.2) is 27.4 Å². The van der Waals surface area contributed by atoms with E-state index in [-0.39, 0.29) is 23.9 Å². The largest absolute Gasteiger partial charge is 0.351 e. The number of hydrogen-bond donors (Lipinski definition) is 3. The van der Waals surface area contributed by atoms with Gasteiger partial charge in [-0.1, -0.05) is 17.7 Å². The van der Waals surface area contributed by atoms with E-state index in [4.69, 9.17) is 16.4 Å². The second-order valence-corrected chi connectivity index (χ2v) is 11.8. The molecule has 3 N–H and O–H groups in total. The van der Waals surface area contributed by atoms with Crippen molar-refractivity contribution in [1.29, 1.82) is 0 Å². The first-order chi connectivity index (χ1) is 17.6. The maximum absolute atomic E-state index is 15.4. The van der Waals surface area contributed by atoms with Gasteiger partial charge in [-0.2, -0.15) is 0 Å². The van der Waals surface area contributed by atoms with Gasteiger partial charge in [-0.15, -0.1) is 0 Å². The summed E-state index contributed by atoms with van der Waals surface area (Å²) in [7, 11) is -4.58. The number of aromatic nitrogens is 1. The number of halogens is 4. The highest BCUT2D eigenvalue weighted by Gasteiger charge is 2.30. The van der Waals surface area contributed by atoms with E-state index < -0.39 is 43.7 Å².